The number of rotatable bonds is 6. The van der Waals surface area contributed by atoms with E-state index in [2.05, 4.69) is 18.9 Å². The minimum atomic E-state index is -0.0475. The first-order valence-electron chi connectivity index (χ1n) is 6.09. The standard InChI is InChI=1S/C12H23NO2/c1-4-7-11(12(14)15-5-2)13(3)10-8-6-9-10/h10-11H,4-9H2,1-3H3. The highest BCUT2D eigenvalue weighted by Gasteiger charge is 2.31. The molecule has 1 rings (SSSR count). The molecule has 1 saturated carbocycles. The minimum Gasteiger partial charge on any atom is -0.465 e. The largest absolute Gasteiger partial charge is 0.465 e. The summed E-state index contributed by atoms with van der Waals surface area (Å²) in [5.41, 5.74) is 0. The third kappa shape index (κ3) is 3.20. The first-order chi connectivity index (χ1) is 7.20. The lowest BCUT2D eigenvalue weighted by Gasteiger charge is -2.38. The summed E-state index contributed by atoms with van der Waals surface area (Å²) in [5, 5.41) is 0. The van der Waals surface area contributed by atoms with Crippen LogP contribution in [0.5, 0.6) is 0 Å². The Bertz CT molecular complexity index is 202. The molecule has 3 nitrogen and oxygen atoms in total. The Balaban J connectivity index is 2.50. The fourth-order valence-corrected chi connectivity index (χ4v) is 2.05. The van der Waals surface area contributed by atoms with Crippen molar-refractivity contribution in [2.45, 2.75) is 58.0 Å². The number of ether oxygens (including phenoxy) is 1. The Hall–Kier alpha value is -0.570. The zero-order valence-corrected chi connectivity index (χ0v) is 10.2. The average molecular weight is 213 g/mol. The van der Waals surface area contributed by atoms with E-state index in [9.17, 15) is 4.79 Å². The lowest BCUT2D eigenvalue weighted by atomic mass is 9.90. The number of hydrogen-bond donors (Lipinski definition) is 0. The van der Waals surface area contributed by atoms with Crippen LogP contribution in [-0.2, 0) is 9.53 Å². The maximum Gasteiger partial charge on any atom is 0.323 e. The van der Waals surface area contributed by atoms with Gasteiger partial charge in [-0.2, -0.15) is 0 Å². The van der Waals surface area contributed by atoms with E-state index in [-0.39, 0.29) is 12.0 Å². The van der Waals surface area contributed by atoms with Crippen LogP contribution in [0.2, 0.25) is 0 Å². The maximum atomic E-state index is 11.8. The Kier molecular flexibility index (Phi) is 5.09. The van der Waals surface area contributed by atoms with E-state index in [1.807, 2.05) is 6.92 Å². The summed E-state index contributed by atoms with van der Waals surface area (Å²) in [5.74, 6) is -0.0475. The van der Waals surface area contributed by atoms with Crippen LogP contribution < -0.4 is 0 Å². The van der Waals surface area contributed by atoms with Gasteiger partial charge in [-0.05, 0) is 33.2 Å². The molecule has 0 spiro atoms. The molecule has 0 aliphatic heterocycles. The van der Waals surface area contributed by atoms with Crippen LogP contribution in [-0.4, -0.2) is 36.6 Å². The van der Waals surface area contributed by atoms with Crippen molar-refractivity contribution < 1.29 is 9.53 Å². The molecule has 0 aromatic carbocycles. The predicted molar refractivity (Wildman–Crippen MR) is 60.7 cm³/mol. The van der Waals surface area contributed by atoms with Crippen molar-refractivity contribution in [1.82, 2.24) is 4.90 Å². The van der Waals surface area contributed by atoms with Crippen LogP contribution in [0.4, 0.5) is 0 Å². The molecule has 15 heavy (non-hydrogen) atoms. The topological polar surface area (TPSA) is 29.5 Å². The van der Waals surface area contributed by atoms with Crippen LogP contribution in [0.25, 0.3) is 0 Å². The normalized spacial score (nSPS) is 18.7. The highest BCUT2D eigenvalue weighted by atomic mass is 16.5. The quantitative estimate of drug-likeness (QED) is 0.633. The molecular weight excluding hydrogens is 190 g/mol. The van der Waals surface area contributed by atoms with E-state index in [4.69, 9.17) is 4.74 Å². The van der Waals surface area contributed by atoms with Gasteiger partial charge in [-0.25, -0.2) is 0 Å². The molecule has 1 atom stereocenters. The number of nitrogens with zero attached hydrogens (tertiary/aromatic N) is 1. The Morgan fingerprint density at radius 3 is 2.53 bits per heavy atom. The molecule has 0 amide bonds. The van der Waals surface area contributed by atoms with E-state index >= 15 is 0 Å². The van der Waals surface area contributed by atoms with Crippen molar-refractivity contribution in [3.8, 4) is 0 Å². The first-order valence-corrected chi connectivity index (χ1v) is 6.09. The molecule has 0 saturated heterocycles. The molecular formula is C12H23NO2. The fraction of sp³-hybridized carbons (Fsp3) is 0.917. The first kappa shape index (κ1) is 12.5. The van der Waals surface area contributed by atoms with Crippen molar-refractivity contribution in [2.24, 2.45) is 0 Å². The van der Waals surface area contributed by atoms with E-state index in [1.54, 1.807) is 0 Å². The van der Waals surface area contributed by atoms with Crippen molar-refractivity contribution in [3.63, 3.8) is 0 Å². The van der Waals surface area contributed by atoms with Gasteiger partial charge in [0.15, 0.2) is 0 Å². The molecule has 1 aliphatic rings. The molecule has 3 heteroatoms. The number of likely N-dealkylation sites (N-methyl/N-ethyl adjacent to an activating group) is 1. The van der Waals surface area contributed by atoms with Gasteiger partial charge in [0.1, 0.15) is 6.04 Å². The maximum absolute atomic E-state index is 11.8. The number of hydrogen-bond acceptors (Lipinski definition) is 3. The fourth-order valence-electron chi connectivity index (χ4n) is 2.05. The summed E-state index contributed by atoms with van der Waals surface area (Å²) in [6, 6.07) is 0.575. The zero-order chi connectivity index (χ0) is 11.3. The summed E-state index contributed by atoms with van der Waals surface area (Å²) in [4.78, 5) is 14.0. The van der Waals surface area contributed by atoms with E-state index in [0.29, 0.717) is 12.6 Å². The van der Waals surface area contributed by atoms with Crippen molar-refractivity contribution >= 4 is 5.97 Å². The van der Waals surface area contributed by atoms with Gasteiger partial charge in [-0.15, -0.1) is 0 Å². The molecule has 1 fully saturated rings. The molecule has 88 valence electrons. The van der Waals surface area contributed by atoms with Crippen molar-refractivity contribution in [1.29, 1.82) is 0 Å². The second kappa shape index (κ2) is 6.11. The van der Waals surface area contributed by atoms with Crippen LogP contribution >= 0.6 is 0 Å². The average Bonchev–Trinajstić information content (AvgIpc) is 2.11. The van der Waals surface area contributed by atoms with Gasteiger partial charge in [0.25, 0.3) is 0 Å². The molecule has 0 aromatic rings. The molecule has 0 bridgehead atoms. The highest BCUT2D eigenvalue weighted by Crippen LogP contribution is 2.26. The predicted octanol–water partition coefficient (Wildman–Crippen LogP) is 2.20. The van der Waals surface area contributed by atoms with Gasteiger partial charge < -0.3 is 4.74 Å². The Morgan fingerprint density at radius 1 is 1.47 bits per heavy atom. The molecule has 0 aromatic heterocycles. The summed E-state index contributed by atoms with van der Waals surface area (Å²) in [6.45, 7) is 4.46. The summed E-state index contributed by atoms with van der Waals surface area (Å²) in [6.07, 6.45) is 5.70. The number of carbonyl (C=O) groups is 1. The van der Waals surface area contributed by atoms with Crippen LogP contribution in [0, 0.1) is 0 Å². The Morgan fingerprint density at radius 2 is 2.13 bits per heavy atom. The van der Waals surface area contributed by atoms with Gasteiger partial charge in [-0.3, -0.25) is 9.69 Å². The third-order valence-electron chi connectivity index (χ3n) is 3.26. The van der Waals surface area contributed by atoms with Gasteiger partial charge in [-0.1, -0.05) is 19.8 Å². The summed E-state index contributed by atoms with van der Waals surface area (Å²) >= 11 is 0. The van der Waals surface area contributed by atoms with Gasteiger partial charge >= 0.3 is 5.97 Å². The summed E-state index contributed by atoms with van der Waals surface area (Å²) < 4.78 is 5.12. The monoisotopic (exact) mass is 213 g/mol. The van der Waals surface area contributed by atoms with E-state index < -0.39 is 0 Å². The Labute approximate surface area is 92.8 Å². The highest BCUT2D eigenvalue weighted by molar-refractivity contribution is 5.75. The van der Waals surface area contributed by atoms with E-state index in [0.717, 1.165) is 12.8 Å². The van der Waals surface area contributed by atoms with Crippen molar-refractivity contribution in [2.75, 3.05) is 13.7 Å². The molecule has 0 heterocycles. The van der Waals surface area contributed by atoms with Gasteiger partial charge in [0, 0.05) is 6.04 Å². The second-order valence-electron chi connectivity index (χ2n) is 4.31. The second-order valence-corrected chi connectivity index (χ2v) is 4.31. The zero-order valence-electron chi connectivity index (χ0n) is 10.2. The van der Waals surface area contributed by atoms with Crippen LogP contribution in [0.3, 0.4) is 0 Å². The minimum absolute atomic E-state index is 0.0275. The number of esters is 1. The third-order valence-corrected chi connectivity index (χ3v) is 3.26. The molecule has 1 aliphatic carbocycles. The van der Waals surface area contributed by atoms with E-state index in [1.165, 1.54) is 19.3 Å². The molecule has 1 unspecified atom stereocenters. The molecule has 0 N–H and O–H groups in total. The molecule has 0 radical (unpaired) electrons. The van der Waals surface area contributed by atoms with Gasteiger partial charge in [0.05, 0.1) is 6.61 Å². The number of carbonyl (C=O) groups excluding carboxylic acids is 1. The van der Waals surface area contributed by atoms with Crippen LogP contribution in [0.1, 0.15) is 46.0 Å². The van der Waals surface area contributed by atoms with Crippen molar-refractivity contribution in [3.05, 3.63) is 0 Å². The SMILES string of the molecule is CCCC(C(=O)OCC)N(C)C1CCC1. The smallest absolute Gasteiger partial charge is 0.323 e. The lowest BCUT2D eigenvalue weighted by molar-refractivity contribution is -0.151. The lowest BCUT2D eigenvalue weighted by Crippen LogP contribution is -2.48. The van der Waals surface area contributed by atoms with Crippen LogP contribution in [0.15, 0.2) is 0 Å². The summed E-state index contributed by atoms with van der Waals surface area (Å²) in [7, 11) is 2.06. The van der Waals surface area contributed by atoms with Gasteiger partial charge in [0.2, 0.25) is 0 Å².